The summed E-state index contributed by atoms with van der Waals surface area (Å²) in [6.45, 7) is 9.98. The molecule has 1 N–H and O–H groups in total. The molecular formula is C28H38N2O4S. The average Bonchev–Trinajstić information content (AvgIpc) is 2.80. The van der Waals surface area contributed by atoms with Gasteiger partial charge in [-0.05, 0) is 44.2 Å². The van der Waals surface area contributed by atoms with Crippen molar-refractivity contribution in [3.05, 3.63) is 71.8 Å². The van der Waals surface area contributed by atoms with Gasteiger partial charge in [-0.3, -0.25) is 4.79 Å². The number of nitrogens with zero attached hydrogens (tertiary/aromatic N) is 1. The molecule has 0 aliphatic rings. The highest BCUT2D eigenvalue weighted by Crippen LogP contribution is 2.14. The molecule has 6 nitrogen and oxygen atoms in total. The summed E-state index contributed by atoms with van der Waals surface area (Å²) in [5, 5.41) is 2.99. The molecule has 2 amide bonds. The maximum absolute atomic E-state index is 13.4. The van der Waals surface area contributed by atoms with E-state index in [1.807, 2.05) is 88.4 Å². The maximum atomic E-state index is 13.4. The normalized spacial score (nSPS) is 12.9. The Hall–Kier alpha value is -2.80. The summed E-state index contributed by atoms with van der Waals surface area (Å²) in [4.78, 5) is 39.6. The smallest absolute Gasteiger partial charge is 0.329 e. The van der Waals surface area contributed by atoms with Crippen LogP contribution in [-0.4, -0.2) is 52.5 Å². The van der Waals surface area contributed by atoms with E-state index in [0.717, 1.165) is 11.1 Å². The molecule has 2 atom stereocenters. The van der Waals surface area contributed by atoms with Gasteiger partial charge in [-0.2, -0.15) is 0 Å². The number of nitrogens with one attached hydrogen (secondary N) is 1. The third-order valence-corrected chi connectivity index (χ3v) is 6.32. The zero-order valence-corrected chi connectivity index (χ0v) is 22.3. The van der Waals surface area contributed by atoms with Crippen LogP contribution >= 0.6 is 11.8 Å². The minimum Gasteiger partial charge on any atom is -0.458 e. The first-order chi connectivity index (χ1) is 16.5. The second-order valence-corrected chi connectivity index (χ2v) is 11.0. The van der Waals surface area contributed by atoms with Crippen molar-refractivity contribution < 1.29 is 19.1 Å². The summed E-state index contributed by atoms with van der Waals surface area (Å²) in [5.74, 6) is 0.279. The largest absolute Gasteiger partial charge is 0.458 e. The molecule has 0 saturated carbocycles. The number of hydrogen-bond donors (Lipinski definition) is 1. The Morgan fingerprint density at radius 1 is 0.971 bits per heavy atom. The van der Waals surface area contributed by atoms with Gasteiger partial charge >= 0.3 is 12.0 Å². The average molecular weight is 499 g/mol. The number of ether oxygens (including phenoxy) is 1. The summed E-state index contributed by atoms with van der Waals surface area (Å²) in [6.07, 6.45) is 1.03. The van der Waals surface area contributed by atoms with E-state index in [-0.39, 0.29) is 17.1 Å². The fourth-order valence-electron chi connectivity index (χ4n) is 3.53. The lowest BCUT2D eigenvalue weighted by Gasteiger charge is -2.29. The number of rotatable bonds is 11. The van der Waals surface area contributed by atoms with E-state index in [4.69, 9.17) is 4.74 Å². The Morgan fingerprint density at radius 2 is 1.54 bits per heavy atom. The van der Waals surface area contributed by atoms with Crippen molar-refractivity contribution in [3.63, 3.8) is 0 Å². The number of benzene rings is 2. The Balaban J connectivity index is 2.17. The van der Waals surface area contributed by atoms with Gasteiger partial charge in [0.1, 0.15) is 11.6 Å². The molecule has 2 aromatic carbocycles. The standard InChI is InChI=1S/C28H38N2O4S/c1-21(20-35-22(2)31)19-30(17-16-23-12-8-6-9-13-23)27(33)29-25(26(32)34-28(3,4)5)18-24-14-10-7-11-15-24/h6-15,21,25H,16-20H2,1-5H3,(H,29,33)/t21?,25-/m0/s1. The van der Waals surface area contributed by atoms with Crippen molar-refractivity contribution in [1.29, 1.82) is 0 Å². The van der Waals surface area contributed by atoms with Gasteiger partial charge in [0.25, 0.3) is 0 Å². The fourth-order valence-corrected chi connectivity index (χ4v) is 4.15. The molecule has 0 heterocycles. The van der Waals surface area contributed by atoms with E-state index in [9.17, 15) is 14.4 Å². The topological polar surface area (TPSA) is 75.7 Å². The number of esters is 1. The molecule has 0 fully saturated rings. The fraction of sp³-hybridized carbons (Fsp3) is 0.464. The van der Waals surface area contributed by atoms with Crippen LogP contribution in [0.5, 0.6) is 0 Å². The molecular weight excluding hydrogens is 460 g/mol. The zero-order valence-electron chi connectivity index (χ0n) is 21.5. The van der Waals surface area contributed by atoms with Crippen molar-refractivity contribution in [1.82, 2.24) is 10.2 Å². The molecule has 0 saturated heterocycles. The van der Waals surface area contributed by atoms with E-state index in [1.54, 1.807) is 11.8 Å². The molecule has 1 unspecified atom stereocenters. The van der Waals surface area contributed by atoms with Crippen molar-refractivity contribution in [2.24, 2.45) is 5.92 Å². The van der Waals surface area contributed by atoms with E-state index in [1.165, 1.54) is 11.8 Å². The van der Waals surface area contributed by atoms with Crippen molar-refractivity contribution in [2.75, 3.05) is 18.8 Å². The molecule has 0 spiro atoms. The lowest BCUT2D eigenvalue weighted by Crippen LogP contribution is -2.51. The molecule has 0 aromatic heterocycles. The van der Waals surface area contributed by atoms with E-state index < -0.39 is 17.6 Å². The molecule has 0 radical (unpaired) electrons. The van der Waals surface area contributed by atoms with Crippen LogP contribution in [0.25, 0.3) is 0 Å². The van der Waals surface area contributed by atoms with Crippen LogP contribution in [0.3, 0.4) is 0 Å². The monoisotopic (exact) mass is 498 g/mol. The number of thioether (sulfide) groups is 1. The lowest BCUT2D eigenvalue weighted by atomic mass is 10.1. The molecule has 35 heavy (non-hydrogen) atoms. The first-order valence-corrected chi connectivity index (χ1v) is 13.0. The Morgan fingerprint density at radius 3 is 2.09 bits per heavy atom. The van der Waals surface area contributed by atoms with Gasteiger partial charge in [0.2, 0.25) is 0 Å². The highest BCUT2D eigenvalue weighted by molar-refractivity contribution is 8.13. The predicted molar refractivity (Wildman–Crippen MR) is 142 cm³/mol. The van der Waals surface area contributed by atoms with Crippen molar-refractivity contribution >= 4 is 28.9 Å². The molecule has 2 aromatic rings. The van der Waals surface area contributed by atoms with Gasteiger partial charge < -0.3 is 15.0 Å². The van der Waals surface area contributed by atoms with Crippen LogP contribution in [0, 0.1) is 5.92 Å². The first-order valence-electron chi connectivity index (χ1n) is 12.0. The van der Waals surface area contributed by atoms with Gasteiger partial charge in [-0.25, -0.2) is 9.59 Å². The van der Waals surface area contributed by atoms with Crippen LogP contribution in [0.15, 0.2) is 60.7 Å². The number of amides is 2. The third-order valence-electron chi connectivity index (χ3n) is 5.18. The van der Waals surface area contributed by atoms with Crippen molar-refractivity contribution in [3.8, 4) is 0 Å². The molecule has 0 bridgehead atoms. The van der Waals surface area contributed by atoms with Gasteiger partial charge in [0, 0.05) is 32.2 Å². The maximum Gasteiger partial charge on any atom is 0.329 e. The van der Waals surface area contributed by atoms with Crippen molar-refractivity contribution in [2.45, 2.75) is 59.1 Å². The predicted octanol–water partition coefficient (Wildman–Crippen LogP) is 5.11. The highest BCUT2D eigenvalue weighted by Gasteiger charge is 2.29. The SMILES string of the molecule is CC(=O)SCC(C)CN(CCc1ccccc1)C(=O)N[C@@H](Cc1ccccc1)C(=O)OC(C)(C)C. The summed E-state index contributed by atoms with van der Waals surface area (Å²) < 4.78 is 5.62. The molecule has 7 heteroatoms. The quantitative estimate of drug-likeness (QED) is 0.436. The van der Waals surface area contributed by atoms with Crippen LogP contribution in [0.2, 0.25) is 0 Å². The van der Waals surface area contributed by atoms with Gasteiger partial charge in [0.05, 0.1) is 0 Å². The molecule has 0 aliphatic heterocycles. The number of hydrogen-bond acceptors (Lipinski definition) is 5. The van der Waals surface area contributed by atoms with E-state index in [2.05, 4.69) is 5.32 Å². The summed E-state index contributed by atoms with van der Waals surface area (Å²) in [6, 6.07) is 18.4. The van der Waals surface area contributed by atoms with Crippen LogP contribution in [0.4, 0.5) is 4.79 Å². The minimum atomic E-state index is -0.815. The summed E-state index contributed by atoms with van der Waals surface area (Å²) in [5.41, 5.74) is 1.40. The lowest BCUT2D eigenvalue weighted by molar-refractivity contribution is -0.157. The highest BCUT2D eigenvalue weighted by atomic mass is 32.2. The zero-order chi connectivity index (χ0) is 25.8. The third kappa shape index (κ3) is 11.5. The Kier molecular flexibility index (Phi) is 11.3. The van der Waals surface area contributed by atoms with Gasteiger partial charge in [0.15, 0.2) is 5.12 Å². The second-order valence-electron chi connectivity index (χ2n) is 9.81. The minimum absolute atomic E-state index is 0.0602. The molecule has 2 rings (SSSR count). The van der Waals surface area contributed by atoms with Crippen LogP contribution in [0.1, 0.15) is 45.7 Å². The van der Waals surface area contributed by atoms with E-state index >= 15 is 0 Å². The van der Waals surface area contributed by atoms with E-state index in [0.29, 0.717) is 31.7 Å². The Labute approximate surface area is 213 Å². The Bertz CT molecular complexity index is 944. The summed E-state index contributed by atoms with van der Waals surface area (Å²) in [7, 11) is 0. The second kappa shape index (κ2) is 13.9. The van der Waals surface area contributed by atoms with Gasteiger partial charge in [-0.1, -0.05) is 79.3 Å². The summed E-state index contributed by atoms with van der Waals surface area (Å²) >= 11 is 1.26. The first kappa shape index (κ1) is 28.4. The number of urea groups is 1. The van der Waals surface area contributed by atoms with Gasteiger partial charge in [-0.15, -0.1) is 0 Å². The van der Waals surface area contributed by atoms with Crippen LogP contribution in [-0.2, 0) is 27.2 Å². The molecule has 0 aliphatic carbocycles. The van der Waals surface area contributed by atoms with Crippen LogP contribution < -0.4 is 5.32 Å². The molecule has 190 valence electrons. The number of carbonyl (C=O) groups is 3. The number of carbonyl (C=O) groups excluding carboxylic acids is 3.